The molecule has 0 unspecified atom stereocenters. The summed E-state index contributed by atoms with van der Waals surface area (Å²) in [6, 6.07) is 0.00409. The summed E-state index contributed by atoms with van der Waals surface area (Å²) in [5.41, 5.74) is -1.18. The first kappa shape index (κ1) is 16.9. The van der Waals surface area contributed by atoms with Crippen LogP contribution < -0.4 is 10.6 Å². The summed E-state index contributed by atoms with van der Waals surface area (Å²) in [5.74, 6) is -4.62. The van der Waals surface area contributed by atoms with Crippen LogP contribution in [0.4, 0.5) is 32.2 Å². The fraction of sp³-hybridized carbons (Fsp3) is 0.615. The van der Waals surface area contributed by atoms with Gasteiger partial charge in [-0.15, -0.1) is 0 Å². The molecule has 1 aromatic heterocycles. The van der Waals surface area contributed by atoms with Crippen LogP contribution in [0, 0.1) is 11.7 Å². The molecule has 2 heterocycles. The van der Waals surface area contributed by atoms with Crippen LogP contribution in [-0.4, -0.2) is 30.0 Å². The number of anilines is 1. The Morgan fingerprint density at radius 3 is 2.64 bits per heavy atom. The average molecular weight is 327 g/mol. The van der Waals surface area contributed by atoms with E-state index in [1.165, 1.54) is 0 Å². The van der Waals surface area contributed by atoms with Crippen LogP contribution in [0.2, 0.25) is 0 Å². The van der Waals surface area contributed by atoms with E-state index in [0.29, 0.717) is 12.3 Å². The number of halogens is 6. The first-order valence-corrected chi connectivity index (χ1v) is 6.66. The van der Waals surface area contributed by atoms with Gasteiger partial charge < -0.3 is 10.6 Å². The molecule has 1 fully saturated rings. The highest BCUT2D eigenvalue weighted by molar-refractivity contribution is 5.38. The van der Waals surface area contributed by atoms with Crippen molar-refractivity contribution in [2.75, 3.05) is 18.4 Å². The fourth-order valence-corrected chi connectivity index (χ4v) is 2.37. The van der Waals surface area contributed by atoms with Crippen molar-refractivity contribution in [3.05, 3.63) is 23.6 Å². The van der Waals surface area contributed by atoms with Gasteiger partial charge in [0.2, 0.25) is 0 Å². The molecule has 0 amide bonds. The number of rotatable bonds is 3. The molecule has 9 heteroatoms. The largest absolute Gasteiger partial charge is 0.417 e. The van der Waals surface area contributed by atoms with Gasteiger partial charge in [0.15, 0.2) is 11.6 Å². The monoisotopic (exact) mass is 327 g/mol. The lowest BCUT2D eigenvalue weighted by Gasteiger charge is -2.35. The van der Waals surface area contributed by atoms with E-state index in [0.717, 1.165) is 0 Å². The first-order valence-electron chi connectivity index (χ1n) is 6.66. The number of piperidine rings is 1. The van der Waals surface area contributed by atoms with Gasteiger partial charge in [-0.25, -0.2) is 18.2 Å². The minimum Gasteiger partial charge on any atom is -0.366 e. The molecular formula is C13H15F6N3. The SMILES string of the molecule is C[C@@H]1CC(F)(F)CN[C@@H]1CNc1ncc(C(F)(F)F)cc1F. The molecule has 0 saturated carbocycles. The van der Waals surface area contributed by atoms with Gasteiger partial charge in [-0.2, -0.15) is 13.2 Å². The van der Waals surface area contributed by atoms with Gasteiger partial charge in [0, 0.05) is 25.2 Å². The molecule has 1 aromatic rings. The van der Waals surface area contributed by atoms with Gasteiger partial charge in [0.1, 0.15) is 0 Å². The Balaban J connectivity index is 1.98. The summed E-state index contributed by atoms with van der Waals surface area (Å²) in [5, 5.41) is 5.20. The predicted molar refractivity (Wildman–Crippen MR) is 68.2 cm³/mol. The smallest absolute Gasteiger partial charge is 0.366 e. The molecule has 124 valence electrons. The van der Waals surface area contributed by atoms with Crippen molar-refractivity contribution in [3.8, 4) is 0 Å². The summed E-state index contributed by atoms with van der Waals surface area (Å²) in [6.07, 6.45) is -4.44. The van der Waals surface area contributed by atoms with Gasteiger partial charge in [-0.3, -0.25) is 0 Å². The summed E-state index contributed by atoms with van der Waals surface area (Å²) in [6.45, 7) is 1.24. The van der Waals surface area contributed by atoms with Gasteiger partial charge in [0.05, 0.1) is 12.1 Å². The van der Waals surface area contributed by atoms with Crippen LogP contribution in [0.3, 0.4) is 0 Å². The normalized spacial score (nSPS) is 25.0. The van der Waals surface area contributed by atoms with E-state index in [9.17, 15) is 26.3 Å². The van der Waals surface area contributed by atoms with Crippen LogP contribution in [0.25, 0.3) is 0 Å². The Labute approximate surface area is 123 Å². The third kappa shape index (κ3) is 4.02. The quantitative estimate of drug-likeness (QED) is 0.837. The van der Waals surface area contributed by atoms with Gasteiger partial charge >= 0.3 is 6.18 Å². The Morgan fingerprint density at radius 1 is 1.41 bits per heavy atom. The van der Waals surface area contributed by atoms with Crippen LogP contribution >= 0.6 is 0 Å². The highest BCUT2D eigenvalue weighted by Crippen LogP contribution is 2.31. The molecule has 2 atom stereocenters. The van der Waals surface area contributed by atoms with Crippen molar-refractivity contribution in [1.29, 1.82) is 0 Å². The van der Waals surface area contributed by atoms with Crippen LogP contribution in [-0.2, 0) is 6.18 Å². The van der Waals surface area contributed by atoms with E-state index in [2.05, 4.69) is 15.6 Å². The molecule has 0 radical (unpaired) electrons. The van der Waals surface area contributed by atoms with E-state index in [-0.39, 0.29) is 30.7 Å². The topological polar surface area (TPSA) is 37.0 Å². The summed E-state index contributed by atoms with van der Waals surface area (Å²) >= 11 is 0. The van der Waals surface area contributed by atoms with E-state index >= 15 is 0 Å². The zero-order chi connectivity index (χ0) is 16.5. The summed E-state index contributed by atoms with van der Waals surface area (Å²) in [7, 11) is 0. The van der Waals surface area contributed by atoms with Crippen LogP contribution in [0.5, 0.6) is 0 Å². The lowest BCUT2D eigenvalue weighted by Crippen LogP contribution is -2.52. The van der Waals surface area contributed by atoms with E-state index < -0.39 is 30.0 Å². The van der Waals surface area contributed by atoms with Crippen molar-refractivity contribution >= 4 is 5.82 Å². The second-order valence-electron chi connectivity index (χ2n) is 5.46. The molecule has 1 saturated heterocycles. The number of hydrogen-bond acceptors (Lipinski definition) is 3. The van der Waals surface area contributed by atoms with E-state index in [4.69, 9.17) is 0 Å². The van der Waals surface area contributed by atoms with Crippen molar-refractivity contribution in [2.24, 2.45) is 5.92 Å². The standard InChI is InChI=1S/C13H15F6N3/c1-7-3-12(15,16)6-22-10(7)5-21-11-9(14)2-8(4-20-11)13(17,18)19/h2,4,7,10,22H,3,5-6H2,1H3,(H,20,21)/t7-,10-/m1/s1. The lowest BCUT2D eigenvalue weighted by molar-refractivity contribution is -0.138. The molecule has 22 heavy (non-hydrogen) atoms. The number of alkyl halides is 5. The maximum absolute atomic E-state index is 13.6. The van der Waals surface area contributed by atoms with Crippen molar-refractivity contribution in [1.82, 2.24) is 10.3 Å². The number of pyridine rings is 1. The van der Waals surface area contributed by atoms with E-state index in [1.807, 2.05) is 0 Å². The second-order valence-corrected chi connectivity index (χ2v) is 5.46. The molecule has 0 aromatic carbocycles. The van der Waals surface area contributed by atoms with Crippen LogP contribution in [0.15, 0.2) is 12.3 Å². The molecule has 2 N–H and O–H groups in total. The maximum Gasteiger partial charge on any atom is 0.417 e. The Kier molecular flexibility index (Phi) is 4.55. The molecule has 1 aliphatic heterocycles. The minimum absolute atomic E-state index is 0.0898. The van der Waals surface area contributed by atoms with Crippen molar-refractivity contribution in [2.45, 2.75) is 31.5 Å². The molecular weight excluding hydrogens is 312 g/mol. The molecule has 2 rings (SSSR count). The molecule has 0 bridgehead atoms. The van der Waals surface area contributed by atoms with E-state index in [1.54, 1.807) is 6.92 Å². The Hall–Kier alpha value is -1.51. The van der Waals surface area contributed by atoms with Crippen molar-refractivity contribution < 1.29 is 26.3 Å². The molecule has 1 aliphatic rings. The van der Waals surface area contributed by atoms with Gasteiger partial charge in [-0.05, 0) is 12.0 Å². The number of nitrogens with zero attached hydrogens (tertiary/aromatic N) is 1. The highest BCUT2D eigenvalue weighted by atomic mass is 19.4. The highest BCUT2D eigenvalue weighted by Gasteiger charge is 2.39. The number of hydrogen-bond donors (Lipinski definition) is 2. The lowest BCUT2D eigenvalue weighted by atomic mass is 9.90. The summed E-state index contributed by atoms with van der Waals surface area (Å²) in [4.78, 5) is 3.40. The van der Waals surface area contributed by atoms with Gasteiger partial charge in [-0.1, -0.05) is 6.92 Å². The third-order valence-corrected chi connectivity index (χ3v) is 3.59. The number of aromatic nitrogens is 1. The zero-order valence-corrected chi connectivity index (χ0v) is 11.6. The predicted octanol–water partition coefficient (Wildman–Crippen LogP) is 3.28. The first-order chi connectivity index (χ1) is 10.1. The second kappa shape index (κ2) is 5.94. The van der Waals surface area contributed by atoms with Gasteiger partial charge in [0.25, 0.3) is 5.92 Å². The molecule has 3 nitrogen and oxygen atoms in total. The zero-order valence-electron chi connectivity index (χ0n) is 11.6. The summed E-state index contributed by atoms with van der Waals surface area (Å²) < 4.78 is 77.1. The van der Waals surface area contributed by atoms with Crippen LogP contribution in [0.1, 0.15) is 18.9 Å². The molecule has 0 spiro atoms. The minimum atomic E-state index is -4.67. The number of nitrogens with one attached hydrogen (secondary N) is 2. The Bertz CT molecular complexity index is 531. The molecule has 0 aliphatic carbocycles. The fourth-order valence-electron chi connectivity index (χ4n) is 2.37. The maximum atomic E-state index is 13.6. The van der Waals surface area contributed by atoms with Crippen molar-refractivity contribution in [3.63, 3.8) is 0 Å². The Morgan fingerprint density at radius 2 is 2.09 bits per heavy atom. The third-order valence-electron chi connectivity index (χ3n) is 3.59. The average Bonchev–Trinajstić information content (AvgIpc) is 2.37.